The van der Waals surface area contributed by atoms with Crippen LogP contribution in [0.25, 0.3) is 0 Å². The van der Waals surface area contributed by atoms with E-state index in [4.69, 9.17) is 4.74 Å². The SMILES string of the molecule is CC(C)(C)c1ccc(CCC(=O)OCC(=O)Nc2ccccc2S(C)(=O)=O)cc1. The first kappa shape index (κ1) is 22.6. The molecule has 0 aliphatic carbocycles. The van der Waals surface area contributed by atoms with Crippen LogP contribution < -0.4 is 5.32 Å². The normalized spacial score (nSPS) is 11.7. The summed E-state index contributed by atoms with van der Waals surface area (Å²) < 4.78 is 28.5. The van der Waals surface area contributed by atoms with Crippen LogP contribution in [-0.4, -0.2) is 33.2 Å². The van der Waals surface area contributed by atoms with Crippen molar-refractivity contribution in [3.63, 3.8) is 0 Å². The number of hydrogen-bond acceptors (Lipinski definition) is 5. The summed E-state index contributed by atoms with van der Waals surface area (Å²) in [5.41, 5.74) is 2.46. The summed E-state index contributed by atoms with van der Waals surface area (Å²) in [6.45, 7) is 5.94. The molecule has 2 rings (SSSR count). The van der Waals surface area contributed by atoms with Gasteiger partial charge < -0.3 is 10.1 Å². The Morgan fingerprint density at radius 2 is 1.62 bits per heavy atom. The molecule has 2 aromatic rings. The molecule has 29 heavy (non-hydrogen) atoms. The van der Waals surface area contributed by atoms with Gasteiger partial charge in [0.05, 0.1) is 10.6 Å². The van der Waals surface area contributed by atoms with E-state index in [1.54, 1.807) is 12.1 Å². The summed E-state index contributed by atoms with van der Waals surface area (Å²) in [5.74, 6) is -1.08. The van der Waals surface area contributed by atoms with Gasteiger partial charge in [0.1, 0.15) is 0 Å². The molecule has 0 spiro atoms. The quantitative estimate of drug-likeness (QED) is 0.697. The van der Waals surface area contributed by atoms with Gasteiger partial charge in [-0.15, -0.1) is 0 Å². The first-order valence-electron chi connectivity index (χ1n) is 9.31. The van der Waals surface area contributed by atoms with E-state index in [0.29, 0.717) is 6.42 Å². The zero-order valence-electron chi connectivity index (χ0n) is 17.2. The minimum absolute atomic E-state index is 0.0124. The fraction of sp³-hybridized carbons (Fsp3) is 0.364. The van der Waals surface area contributed by atoms with Gasteiger partial charge in [0.2, 0.25) is 0 Å². The second-order valence-corrected chi connectivity index (χ2v) is 9.91. The number of carbonyl (C=O) groups is 2. The highest BCUT2D eigenvalue weighted by atomic mass is 32.2. The van der Waals surface area contributed by atoms with Crippen molar-refractivity contribution in [2.75, 3.05) is 18.2 Å². The van der Waals surface area contributed by atoms with Crippen molar-refractivity contribution in [1.82, 2.24) is 0 Å². The standard InChI is InChI=1S/C22H27NO5S/c1-22(2,3)17-12-9-16(10-13-17)11-14-21(25)28-15-20(24)23-18-7-5-6-8-19(18)29(4,26)27/h5-10,12-13H,11,14-15H2,1-4H3,(H,23,24). The van der Waals surface area contributed by atoms with Gasteiger partial charge in [0, 0.05) is 12.7 Å². The molecule has 0 aliphatic rings. The number of carbonyl (C=O) groups excluding carboxylic acids is 2. The molecule has 0 unspecified atom stereocenters. The minimum Gasteiger partial charge on any atom is -0.456 e. The topological polar surface area (TPSA) is 89.5 Å². The Morgan fingerprint density at radius 3 is 2.21 bits per heavy atom. The lowest BCUT2D eigenvalue weighted by Gasteiger charge is -2.19. The Hall–Kier alpha value is -2.67. The van der Waals surface area contributed by atoms with E-state index >= 15 is 0 Å². The maximum absolute atomic E-state index is 12.0. The molecule has 0 atom stereocenters. The number of ether oxygens (including phenoxy) is 1. The highest BCUT2D eigenvalue weighted by molar-refractivity contribution is 7.90. The van der Waals surface area contributed by atoms with Gasteiger partial charge in [-0.3, -0.25) is 9.59 Å². The molecule has 0 aromatic heterocycles. The second kappa shape index (κ2) is 9.22. The molecule has 0 bridgehead atoms. The van der Waals surface area contributed by atoms with Crippen molar-refractivity contribution in [1.29, 1.82) is 0 Å². The first-order chi connectivity index (χ1) is 13.5. The van der Waals surface area contributed by atoms with Gasteiger partial charge in [0.15, 0.2) is 16.4 Å². The molecule has 0 saturated carbocycles. The number of sulfone groups is 1. The third-order valence-corrected chi connectivity index (χ3v) is 5.52. The molecule has 0 heterocycles. The molecule has 7 heteroatoms. The van der Waals surface area contributed by atoms with Crippen LogP contribution in [0.15, 0.2) is 53.4 Å². The zero-order valence-corrected chi connectivity index (χ0v) is 18.0. The average molecular weight is 418 g/mol. The Morgan fingerprint density at radius 1 is 1.00 bits per heavy atom. The Labute approximate surface area is 172 Å². The molecule has 0 fully saturated rings. The second-order valence-electron chi connectivity index (χ2n) is 7.92. The number of esters is 1. The number of hydrogen-bond donors (Lipinski definition) is 1. The van der Waals surface area contributed by atoms with E-state index in [2.05, 4.69) is 26.1 Å². The number of aryl methyl sites for hydroxylation is 1. The summed E-state index contributed by atoms with van der Waals surface area (Å²) in [4.78, 5) is 24.0. The van der Waals surface area contributed by atoms with Crippen LogP contribution in [0.3, 0.4) is 0 Å². The van der Waals surface area contributed by atoms with E-state index in [0.717, 1.165) is 11.8 Å². The lowest BCUT2D eigenvalue weighted by molar-refractivity contribution is -0.147. The van der Waals surface area contributed by atoms with Crippen LogP contribution in [0.1, 0.15) is 38.3 Å². The average Bonchev–Trinajstić information content (AvgIpc) is 2.64. The van der Waals surface area contributed by atoms with Crippen LogP contribution in [0.2, 0.25) is 0 Å². The molecule has 1 amide bonds. The van der Waals surface area contributed by atoms with Crippen LogP contribution in [0.4, 0.5) is 5.69 Å². The van der Waals surface area contributed by atoms with Crippen molar-refractivity contribution in [3.05, 3.63) is 59.7 Å². The molecular weight excluding hydrogens is 390 g/mol. The van der Waals surface area contributed by atoms with Crippen LogP contribution in [0, 0.1) is 0 Å². The monoisotopic (exact) mass is 417 g/mol. The number of rotatable bonds is 7. The van der Waals surface area contributed by atoms with E-state index < -0.39 is 28.3 Å². The first-order valence-corrected chi connectivity index (χ1v) is 11.2. The lowest BCUT2D eigenvalue weighted by Crippen LogP contribution is -2.22. The van der Waals surface area contributed by atoms with Crippen LogP contribution >= 0.6 is 0 Å². The highest BCUT2D eigenvalue weighted by Crippen LogP contribution is 2.22. The van der Waals surface area contributed by atoms with Crippen molar-refractivity contribution in [2.45, 2.75) is 43.9 Å². The summed E-state index contributed by atoms with van der Waals surface area (Å²) in [5, 5.41) is 2.47. The predicted molar refractivity (Wildman–Crippen MR) is 113 cm³/mol. The highest BCUT2D eigenvalue weighted by Gasteiger charge is 2.16. The fourth-order valence-electron chi connectivity index (χ4n) is 2.72. The number of para-hydroxylation sites is 1. The van der Waals surface area contributed by atoms with Gasteiger partial charge in [-0.25, -0.2) is 8.42 Å². The lowest BCUT2D eigenvalue weighted by atomic mass is 9.86. The molecule has 1 N–H and O–H groups in total. The predicted octanol–water partition coefficient (Wildman–Crippen LogP) is 3.50. The van der Waals surface area contributed by atoms with Crippen molar-refractivity contribution in [2.24, 2.45) is 0 Å². The van der Waals surface area contributed by atoms with Crippen LogP contribution in [0.5, 0.6) is 0 Å². The number of anilines is 1. The van der Waals surface area contributed by atoms with E-state index in [-0.39, 0.29) is 22.4 Å². The van der Waals surface area contributed by atoms with Gasteiger partial charge in [0.25, 0.3) is 5.91 Å². The minimum atomic E-state index is -3.48. The Bertz CT molecular complexity index is 973. The molecule has 0 radical (unpaired) electrons. The van der Waals surface area contributed by atoms with Crippen molar-refractivity contribution < 1.29 is 22.7 Å². The van der Waals surface area contributed by atoms with E-state index in [9.17, 15) is 18.0 Å². The molecular formula is C22H27NO5S. The van der Waals surface area contributed by atoms with Gasteiger partial charge >= 0.3 is 5.97 Å². The zero-order chi connectivity index (χ0) is 21.7. The third kappa shape index (κ3) is 7.02. The molecule has 0 saturated heterocycles. The van der Waals surface area contributed by atoms with Crippen molar-refractivity contribution in [3.8, 4) is 0 Å². The number of nitrogens with one attached hydrogen (secondary N) is 1. The molecule has 0 aliphatic heterocycles. The van der Waals surface area contributed by atoms with Gasteiger partial charge in [-0.05, 0) is 35.1 Å². The molecule has 6 nitrogen and oxygen atoms in total. The molecule has 156 valence electrons. The maximum atomic E-state index is 12.0. The Kier molecular flexibility index (Phi) is 7.19. The van der Waals surface area contributed by atoms with Crippen LogP contribution in [-0.2, 0) is 36.0 Å². The summed E-state index contributed by atoms with van der Waals surface area (Å²) in [7, 11) is -3.48. The summed E-state index contributed by atoms with van der Waals surface area (Å²) in [6, 6.07) is 14.1. The van der Waals surface area contributed by atoms with E-state index in [1.807, 2.05) is 24.3 Å². The maximum Gasteiger partial charge on any atom is 0.306 e. The third-order valence-electron chi connectivity index (χ3n) is 4.36. The fourth-order valence-corrected chi connectivity index (χ4v) is 3.56. The number of benzene rings is 2. The van der Waals surface area contributed by atoms with Gasteiger partial charge in [-0.2, -0.15) is 0 Å². The van der Waals surface area contributed by atoms with E-state index in [1.165, 1.54) is 17.7 Å². The molecule has 2 aromatic carbocycles. The largest absolute Gasteiger partial charge is 0.456 e. The summed E-state index contributed by atoms with van der Waals surface area (Å²) >= 11 is 0. The van der Waals surface area contributed by atoms with Gasteiger partial charge in [-0.1, -0.05) is 57.2 Å². The van der Waals surface area contributed by atoms with Crippen molar-refractivity contribution >= 4 is 27.4 Å². The Balaban J connectivity index is 1.83. The number of amides is 1. The summed E-state index contributed by atoms with van der Waals surface area (Å²) in [6.07, 6.45) is 1.73. The smallest absolute Gasteiger partial charge is 0.306 e.